The fraction of sp³-hybridized carbons (Fsp3) is 1.00. The summed E-state index contributed by atoms with van der Waals surface area (Å²) in [6.45, 7) is 4.82. The van der Waals surface area contributed by atoms with Gasteiger partial charge in [-0.1, -0.05) is 13.3 Å². The second kappa shape index (κ2) is 5.85. The van der Waals surface area contributed by atoms with Gasteiger partial charge in [0.1, 0.15) is 0 Å². The van der Waals surface area contributed by atoms with Crippen LogP contribution in [0.4, 0.5) is 0 Å². The van der Waals surface area contributed by atoms with Crippen LogP contribution in [0.1, 0.15) is 71.1 Å². The van der Waals surface area contributed by atoms with E-state index in [4.69, 9.17) is 4.74 Å². The van der Waals surface area contributed by atoms with Gasteiger partial charge in [-0.3, -0.25) is 0 Å². The van der Waals surface area contributed by atoms with E-state index in [-0.39, 0.29) is 0 Å². The molecule has 0 aromatic carbocycles. The van der Waals surface area contributed by atoms with Crippen LogP contribution in [0.2, 0.25) is 0 Å². The summed E-state index contributed by atoms with van der Waals surface area (Å²) in [4.78, 5) is 0. The Kier molecular flexibility index (Phi) is 4.04. The minimum Gasteiger partial charge on any atom is -0.375 e. The highest BCUT2D eigenvalue weighted by Crippen LogP contribution is 2.50. The van der Waals surface area contributed by atoms with Crippen molar-refractivity contribution in [2.75, 3.05) is 13.2 Å². The van der Waals surface area contributed by atoms with Crippen molar-refractivity contribution in [2.24, 2.45) is 23.7 Å². The number of ether oxygens (including phenoxy) is 1. The highest BCUT2D eigenvalue weighted by Gasteiger charge is 2.46. The Morgan fingerprint density at radius 2 is 1.95 bits per heavy atom. The molecule has 0 bridgehead atoms. The zero-order chi connectivity index (χ0) is 14.3. The first-order valence-corrected chi connectivity index (χ1v) is 9.61. The summed E-state index contributed by atoms with van der Waals surface area (Å²) in [5.41, 5.74) is 0.331. The third kappa shape index (κ3) is 3.17. The van der Waals surface area contributed by atoms with Crippen molar-refractivity contribution in [3.63, 3.8) is 0 Å². The maximum Gasteiger partial charge on any atom is 0.0685 e. The molecular weight excluding hydrogens is 258 g/mol. The summed E-state index contributed by atoms with van der Waals surface area (Å²) in [5.74, 6) is 3.82. The Labute approximate surface area is 130 Å². The first-order valence-electron chi connectivity index (χ1n) is 9.61. The summed E-state index contributed by atoms with van der Waals surface area (Å²) < 4.78 is 6.18. The summed E-state index contributed by atoms with van der Waals surface area (Å²) in [6, 6.07) is 0.873. The predicted molar refractivity (Wildman–Crippen MR) is 86.3 cm³/mol. The molecule has 1 N–H and O–H groups in total. The van der Waals surface area contributed by atoms with Crippen molar-refractivity contribution >= 4 is 0 Å². The highest BCUT2D eigenvalue weighted by atomic mass is 16.5. The van der Waals surface area contributed by atoms with Gasteiger partial charge in [0.2, 0.25) is 0 Å². The molecule has 21 heavy (non-hydrogen) atoms. The quantitative estimate of drug-likeness (QED) is 0.840. The molecular formula is C19H33NO. The van der Waals surface area contributed by atoms with Crippen LogP contribution >= 0.6 is 0 Å². The van der Waals surface area contributed by atoms with Crippen LogP contribution in [-0.4, -0.2) is 24.8 Å². The lowest BCUT2D eigenvalue weighted by Gasteiger charge is -2.51. The van der Waals surface area contributed by atoms with Gasteiger partial charge in [0.05, 0.1) is 5.60 Å². The maximum atomic E-state index is 6.18. The van der Waals surface area contributed by atoms with Crippen LogP contribution in [0, 0.1) is 23.7 Å². The van der Waals surface area contributed by atoms with Gasteiger partial charge in [-0.15, -0.1) is 0 Å². The molecule has 3 aliphatic carbocycles. The van der Waals surface area contributed by atoms with Gasteiger partial charge in [-0.05, 0) is 88.0 Å². The molecule has 4 rings (SSSR count). The summed E-state index contributed by atoms with van der Waals surface area (Å²) in [6.07, 6.45) is 14.1. The minimum absolute atomic E-state index is 0.331. The molecule has 1 spiro atoms. The van der Waals surface area contributed by atoms with E-state index in [1.165, 1.54) is 70.8 Å². The molecule has 2 heteroatoms. The second-order valence-electron chi connectivity index (χ2n) is 8.66. The number of rotatable bonds is 4. The Balaban J connectivity index is 1.40. The molecule has 4 aliphatic rings. The molecule has 4 unspecified atom stereocenters. The fourth-order valence-corrected chi connectivity index (χ4v) is 5.27. The van der Waals surface area contributed by atoms with Gasteiger partial charge in [-0.2, -0.15) is 0 Å². The van der Waals surface area contributed by atoms with E-state index in [2.05, 4.69) is 12.2 Å². The standard InChI is InChI=1S/C19H33NO/c1-14-3-4-16(13-20-17-5-6-17)18(11-14)15-7-10-21-19(12-15)8-2-9-19/h14-18,20H,2-13H2,1H3. The van der Waals surface area contributed by atoms with Crippen LogP contribution < -0.4 is 5.32 Å². The Morgan fingerprint density at radius 1 is 1.10 bits per heavy atom. The molecule has 3 saturated carbocycles. The normalized spacial score (nSPS) is 42.7. The third-order valence-electron chi connectivity index (χ3n) is 6.96. The molecule has 120 valence electrons. The smallest absolute Gasteiger partial charge is 0.0685 e. The monoisotopic (exact) mass is 291 g/mol. The number of nitrogens with one attached hydrogen (secondary N) is 1. The van der Waals surface area contributed by atoms with E-state index in [9.17, 15) is 0 Å². The minimum atomic E-state index is 0.331. The van der Waals surface area contributed by atoms with Crippen LogP contribution in [-0.2, 0) is 4.74 Å². The van der Waals surface area contributed by atoms with Crippen molar-refractivity contribution in [1.82, 2.24) is 5.32 Å². The first-order chi connectivity index (χ1) is 10.2. The van der Waals surface area contributed by atoms with Gasteiger partial charge in [-0.25, -0.2) is 0 Å². The number of hydrogen-bond donors (Lipinski definition) is 1. The highest BCUT2D eigenvalue weighted by molar-refractivity contribution is 4.97. The molecule has 0 aromatic heterocycles. The molecule has 1 heterocycles. The zero-order valence-electron chi connectivity index (χ0n) is 13.8. The molecule has 1 saturated heterocycles. The summed E-state index contributed by atoms with van der Waals surface area (Å²) in [7, 11) is 0. The largest absolute Gasteiger partial charge is 0.375 e. The van der Waals surface area contributed by atoms with Gasteiger partial charge >= 0.3 is 0 Å². The van der Waals surface area contributed by atoms with E-state index < -0.39 is 0 Å². The maximum absolute atomic E-state index is 6.18. The van der Waals surface area contributed by atoms with E-state index in [0.717, 1.165) is 36.3 Å². The van der Waals surface area contributed by atoms with Crippen LogP contribution in [0.3, 0.4) is 0 Å². The lowest BCUT2D eigenvalue weighted by molar-refractivity contribution is -0.155. The predicted octanol–water partition coefficient (Wildman–Crippen LogP) is 4.14. The third-order valence-corrected chi connectivity index (χ3v) is 6.96. The first kappa shape index (κ1) is 14.5. The van der Waals surface area contributed by atoms with Crippen molar-refractivity contribution < 1.29 is 4.74 Å². The van der Waals surface area contributed by atoms with Crippen molar-refractivity contribution in [3.8, 4) is 0 Å². The SMILES string of the molecule is CC1CCC(CNC2CC2)C(C2CCOC3(CCC3)C2)C1. The lowest BCUT2D eigenvalue weighted by Crippen LogP contribution is -2.49. The molecule has 4 fully saturated rings. The lowest BCUT2D eigenvalue weighted by atomic mass is 9.62. The zero-order valence-corrected chi connectivity index (χ0v) is 13.8. The molecule has 1 aliphatic heterocycles. The van der Waals surface area contributed by atoms with Gasteiger partial charge in [0.25, 0.3) is 0 Å². The van der Waals surface area contributed by atoms with Gasteiger partial charge < -0.3 is 10.1 Å². The molecule has 2 nitrogen and oxygen atoms in total. The Morgan fingerprint density at radius 3 is 2.67 bits per heavy atom. The average molecular weight is 291 g/mol. The summed E-state index contributed by atoms with van der Waals surface area (Å²) >= 11 is 0. The summed E-state index contributed by atoms with van der Waals surface area (Å²) in [5, 5.41) is 3.83. The topological polar surface area (TPSA) is 21.3 Å². The van der Waals surface area contributed by atoms with Crippen LogP contribution in [0.25, 0.3) is 0 Å². The van der Waals surface area contributed by atoms with Crippen molar-refractivity contribution in [3.05, 3.63) is 0 Å². The van der Waals surface area contributed by atoms with E-state index >= 15 is 0 Å². The van der Waals surface area contributed by atoms with Gasteiger partial charge in [0, 0.05) is 12.6 Å². The van der Waals surface area contributed by atoms with E-state index in [1.807, 2.05) is 0 Å². The van der Waals surface area contributed by atoms with Crippen molar-refractivity contribution in [2.45, 2.75) is 82.8 Å². The molecule has 4 atom stereocenters. The number of hydrogen-bond acceptors (Lipinski definition) is 2. The Bertz CT molecular complexity index is 361. The molecule has 0 amide bonds. The van der Waals surface area contributed by atoms with Gasteiger partial charge in [0.15, 0.2) is 0 Å². The Hall–Kier alpha value is -0.0800. The average Bonchev–Trinajstić information content (AvgIpc) is 3.29. The van der Waals surface area contributed by atoms with E-state index in [1.54, 1.807) is 0 Å². The van der Waals surface area contributed by atoms with Crippen molar-refractivity contribution in [1.29, 1.82) is 0 Å². The second-order valence-corrected chi connectivity index (χ2v) is 8.66. The van der Waals surface area contributed by atoms with Crippen LogP contribution in [0.5, 0.6) is 0 Å². The van der Waals surface area contributed by atoms with Crippen LogP contribution in [0.15, 0.2) is 0 Å². The fourth-order valence-electron chi connectivity index (χ4n) is 5.27. The molecule has 0 aromatic rings. The molecule has 0 radical (unpaired) electrons. The van der Waals surface area contributed by atoms with E-state index in [0.29, 0.717) is 5.60 Å².